The summed E-state index contributed by atoms with van der Waals surface area (Å²) in [6, 6.07) is 4.25. The van der Waals surface area contributed by atoms with Crippen LogP contribution in [-0.2, 0) is 25.9 Å². The van der Waals surface area contributed by atoms with Gasteiger partial charge < -0.3 is 15.2 Å². The second kappa shape index (κ2) is 6.88. The number of carbonyl (C=O) groups excluding carboxylic acids is 1. The van der Waals surface area contributed by atoms with Crippen molar-refractivity contribution in [2.45, 2.75) is 77.7 Å². The topological polar surface area (TPSA) is 61.5 Å². The van der Waals surface area contributed by atoms with E-state index in [4.69, 9.17) is 15.2 Å². The first-order chi connectivity index (χ1) is 11.9. The molecule has 0 heterocycles. The van der Waals surface area contributed by atoms with Gasteiger partial charge in [0.25, 0.3) is 0 Å². The van der Waals surface area contributed by atoms with Crippen LogP contribution in [-0.4, -0.2) is 19.7 Å². The first kappa shape index (κ1) is 20.8. The standard InChI is InChI=1S/C22H35NO3/c1-9-26-19(24)22(23,14-10-11-14)17-13-15(20(2,3)4)12-16(18(17)25-8)21(5,6)7/h12-14H,9-11,23H2,1-8H3. The third-order valence-electron chi connectivity index (χ3n) is 5.25. The van der Waals surface area contributed by atoms with Crippen LogP contribution < -0.4 is 10.5 Å². The highest BCUT2D eigenvalue weighted by Crippen LogP contribution is 2.50. The molecule has 0 aliphatic heterocycles. The van der Waals surface area contributed by atoms with Gasteiger partial charge in [0.1, 0.15) is 11.3 Å². The molecule has 1 aromatic rings. The van der Waals surface area contributed by atoms with Crippen molar-refractivity contribution in [1.29, 1.82) is 0 Å². The molecule has 26 heavy (non-hydrogen) atoms. The van der Waals surface area contributed by atoms with Gasteiger partial charge in [0.2, 0.25) is 0 Å². The predicted molar refractivity (Wildman–Crippen MR) is 106 cm³/mol. The van der Waals surface area contributed by atoms with Gasteiger partial charge in [0, 0.05) is 11.1 Å². The summed E-state index contributed by atoms with van der Waals surface area (Å²) in [5, 5.41) is 0. The van der Waals surface area contributed by atoms with Crippen molar-refractivity contribution < 1.29 is 14.3 Å². The highest BCUT2D eigenvalue weighted by molar-refractivity contribution is 5.85. The number of hydrogen-bond acceptors (Lipinski definition) is 4. The molecule has 1 atom stereocenters. The molecule has 2 rings (SSSR count). The van der Waals surface area contributed by atoms with Crippen LogP contribution in [0.3, 0.4) is 0 Å². The molecule has 1 aromatic carbocycles. The number of rotatable bonds is 5. The highest BCUT2D eigenvalue weighted by atomic mass is 16.5. The number of carbonyl (C=O) groups is 1. The third kappa shape index (κ3) is 3.75. The summed E-state index contributed by atoms with van der Waals surface area (Å²) in [5.41, 5.74) is 8.41. The number of esters is 1. The summed E-state index contributed by atoms with van der Waals surface area (Å²) in [5.74, 6) is 0.457. The summed E-state index contributed by atoms with van der Waals surface area (Å²) in [6.45, 7) is 15.1. The van der Waals surface area contributed by atoms with E-state index in [0.717, 1.165) is 29.5 Å². The van der Waals surface area contributed by atoms with E-state index in [1.807, 2.05) is 6.92 Å². The van der Waals surface area contributed by atoms with E-state index in [-0.39, 0.29) is 22.7 Å². The second-order valence-electron chi connectivity index (χ2n) is 9.47. The molecule has 1 fully saturated rings. The molecule has 0 saturated heterocycles. The summed E-state index contributed by atoms with van der Waals surface area (Å²) < 4.78 is 11.2. The first-order valence-electron chi connectivity index (χ1n) is 9.56. The molecule has 1 saturated carbocycles. The Morgan fingerprint density at radius 2 is 1.62 bits per heavy atom. The van der Waals surface area contributed by atoms with Crippen molar-refractivity contribution in [2.75, 3.05) is 13.7 Å². The summed E-state index contributed by atoms with van der Waals surface area (Å²) in [4.78, 5) is 12.9. The Bertz CT molecular complexity index is 678. The Morgan fingerprint density at radius 1 is 1.08 bits per heavy atom. The molecule has 4 nitrogen and oxygen atoms in total. The van der Waals surface area contributed by atoms with Gasteiger partial charge in [-0.15, -0.1) is 0 Å². The zero-order chi connectivity index (χ0) is 19.9. The molecule has 2 N–H and O–H groups in total. The van der Waals surface area contributed by atoms with Crippen LogP contribution in [0.25, 0.3) is 0 Å². The number of methoxy groups -OCH3 is 1. The first-order valence-corrected chi connectivity index (χ1v) is 9.56. The number of ether oxygens (including phenoxy) is 2. The largest absolute Gasteiger partial charge is 0.496 e. The van der Waals surface area contributed by atoms with Gasteiger partial charge in [0.15, 0.2) is 0 Å². The minimum Gasteiger partial charge on any atom is -0.496 e. The normalized spacial score (nSPS) is 17.6. The maximum absolute atomic E-state index is 12.9. The smallest absolute Gasteiger partial charge is 0.331 e. The third-order valence-corrected chi connectivity index (χ3v) is 5.25. The van der Waals surface area contributed by atoms with Crippen LogP contribution >= 0.6 is 0 Å². The lowest BCUT2D eigenvalue weighted by Crippen LogP contribution is -2.49. The van der Waals surface area contributed by atoms with Crippen LogP contribution in [0.15, 0.2) is 12.1 Å². The zero-order valence-corrected chi connectivity index (χ0v) is 17.7. The molecule has 4 heteroatoms. The van der Waals surface area contributed by atoms with Gasteiger partial charge in [-0.05, 0) is 48.1 Å². The van der Waals surface area contributed by atoms with E-state index < -0.39 is 5.54 Å². The van der Waals surface area contributed by atoms with Crippen LogP contribution in [0.4, 0.5) is 0 Å². The lowest BCUT2D eigenvalue weighted by molar-refractivity contribution is -0.151. The van der Waals surface area contributed by atoms with Gasteiger partial charge in [-0.1, -0.05) is 47.6 Å². The monoisotopic (exact) mass is 361 g/mol. The van der Waals surface area contributed by atoms with Crippen LogP contribution in [0.2, 0.25) is 0 Å². The maximum Gasteiger partial charge on any atom is 0.331 e. The summed E-state index contributed by atoms with van der Waals surface area (Å²) in [7, 11) is 1.66. The lowest BCUT2D eigenvalue weighted by Gasteiger charge is -2.34. The van der Waals surface area contributed by atoms with Gasteiger partial charge in [-0.25, -0.2) is 4.79 Å². The van der Waals surface area contributed by atoms with E-state index in [0.29, 0.717) is 12.4 Å². The van der Waals surface area contributed by atoms with Crippen molar-refractivity contribution in [3.8, 4) is 5.75 Å². The van der Waals surface area contributed by atoms with E-state index >= 15 is 0 Å². The van der Waals surface area contributed by atoms with E-state index in [1.165, 1.54) is 0 Å². The Balaban J connectivity index is 2.82. The fourth-order valence-corrected chi connectivity index (χ4v) is 3.43. The van der Waals surface area contributed by atoms with Crippen molar-refractivity contribution in [1.82, 2.24) is 0 Å². The predicted octanol–water partition coefficient (Wildman–Crippen LogP) is 4.42. The van der Waals surface area contributed by atoms with Gasteiger partial charge in [-0.2, -0.15) is 0 Å². The van der Waals surface area contributed by atoms with Gasteiger partial charge in [0.05, 0.1) is 13.7 Å². The number of hydrogen-bond donors (Lipinski definition) is 1. The molecule has 146 valence electrons. The summed E-state index contributed by atoms with van der Waals surface area (Å²) in [6.07, 6.45) is 1.87. The quantitative estimate of drug-likeness (QED) is 0.789. The van der Waals surface area contributed by atoms with Crippen molar-refractivity contribution in [2.24, 2.45) is 11.7 Å². The SMILES string of the molecule is CCOC(=O)C(N)(c1cc(C(C)(C)C)cc(C(C)(C)C)c1OC)C1CC1. The Kier molecular flexibility index (Phi) is 5.49. The van der Waals surface area contributed by atoms with Crippen molar-refractivity contribution >= 4 is 5.97 Å². The zero-order valence-electron chi connectivity index (χ0n) is 17.7. The molecule has 0 spiro atoms. The molecule has 1 unspecified atom stereocenters. The summed E-state index contributed by atoms with van der Waals surface area (Å²) >= 11 is 0. The molecule has 1 aliphatic carbocycles. The molecule has 0 radical (unpaired) electrons. The Hall–Kier alpha value is -1.55. The van der Waals surface area contributed by atoms with E-state index in [9.17, 15) is 4.79 Å². The molecule has 1 aliphatic rings. The van der Waals surface area contributed by atoms with E-state index in [2.05, 4.69) is 53.7 Å². The molecule has 0 amide bonds. The fraction of sp³-hybridized carbons (Fsp3) is 0.682. The lowest BCUT2D eigenvalue weighted by atomic mass is 9.74. The maximum atomic E-state index is 12.9. The Labute approximate surface area is 158 Å². The minimum atomic E-state index is -1.16. The second-order valence-corrected chi connectivity index (χ2v) is 9.47. The fourth-order valence-electron chi connectivity index (χ4n) is 3.43. The van der Waals surface area contributed by atoms with Crippen LogP contribution in [0.1, 0.15) is 78.0 Å². The minimum absolute atomic E-state index is 0.0693. The average Bonchev–Trinajstić information content (AvgIpc) is 3.36. The highest BCUT2D eigenvalue weighted by Gasteiger charge is 2.52. The van der Waals surface area contributed by atoms with Crippen LogP contribution in [0, 0.1) is 5.92 Å². The molecular formula is C22H35NO3. The van der Waals surface area contributed by atoms with Gasteiger partial charge >= 0.3 is 5.97 Å². The molecule has 0 aromatic heterocycles. The van der Waals surface area contributed by atoms with Crippen LogP contribution in [0.5, 0.6) is 5.75 Å². The number of benzene rings is 1. The van der Waals surface area contributed by atoms with Crippen molar-refractivity contribution in [3.05, 3.63) is 28.8 Å². The Morgan fingerprint density at radius 3 is 2.00 bits per heavy atom. The number of nitrogens with two attached hydrogens (primary N) is 1. The average molecular weight is 362 g/mol. The molecular weight excluding hydrogens is 326 g/mol. The molecule has 0 bridgehead atoms. The van der Waals surface area contributed by atoms with Crippen molar-refractivity contribution in [3.63, 3.8) is 0 Å². The van der Waals surface area contributed by atoms with Gasteiger partial charge in [-0.3, -0.25) is 0 Å². The van der Waals surface area contributed by atoms with E-state index in [1.54, 1.807) is 7.11 Å².